The Hall–Kier alpha value is -2.74. The lowest BCUT2D eigenvalue weighted by Gasteiger charge is -2.38. The molecule has 1 aliphatic heterocycles. The largest absolute Gasteiger partial charge is 0.494 e. The minimum Gasteiger partial charge on any atom is -0.494 e. The highest BCUT2D eigenvalue weighted by Gasteiger charge is 2.25. The minimum atomic E-state index is -0.311. The molecule has 0 unspecified atom stereocenters. The molecule has 1 N–H and O–H groups in total. The molecular formula is C22H31ClFN5O2. The van der Waals surface area contributed by atoms with Crippen LogP contribution < -0.4 is 19.9 Å². The highest BCUT2D eigenvalue weighted by atomic mass is 35.5. The van der Waals surface area contributed by atoms with Crippen molar-refractivity contribution in [1.82, 2.24) is 9.88 Å². The molecule has 31 heavy (non-hydrogen) atoms. The Morgan fingerprint density at radius 1 is 1.16 bits per heavy atom. The van der Waals surface area contributed by atoms with Gasteiger partial charge in [0.05, 0.1) is 35.9 Å². The van der Waals surface area contributed by atoms with Gasteiger partial charge >= 0.3 is 0 Å². The molecule has 0 spiro atoms. The van der Waals surface area contributed by atoms with E-state index < -0.39 is 0 Å². The number of carbonyl (C=O) groups is 1. The Bertz CT molecular complexity index is 888. The van der Waals surface area contributed by atoms with E-state index in [2.05, 4.69) is 27.0 Å². The number of amides is 1. The van der Waals surface area contributed by atoms with Gasteiger partial charge in [0.1, 0.15) is 11.6 Å². The first-order valence-corrected chi connectivity index (χ1v) is 10.2. The first-order chi connectivity index (χ1) is 14.5. The highest BCUT2D eigenvalue weighted by Crippen LogP contribution is 2.33. The zero-order valence-electron chi connectivity index (χ0n) is 18.5. The summed E-state index contributed by atoms with van der Waals surface area (Å²) in [6, 6.07) is 4.63. The van der Waals surface area contributed by atoms with Crippen molar-refractivity contribution < 1.29 is 13.9 Å². The van der Waals surface area contributed by atoms with Crippen LogP contribution in [-0.4, -0.2) is 69.7 Å². The van der Waals surface area contributed by atoms with Crippen LogP contribution in [0.2, 0.25) is 0 Å². The number of pyridine rings is 1. The number of carbonyl (C=O) groups excluding carboxylic acids is 1. The molecule has 0 aliphatic carbocycles. The van der Waals surface area contributed by atoms with Crippen molar-refractivity contribution in [2.24, 2.45) is 0 Å². The number of ether oxygens (including phenoxy) is 1. The standard InChI is InChI=1S/C22H30FN5O2.ClH/c1-5-8-25-21-17(22(29)26(2)3)14-24-15-19(21)28-11-9-27(10-12-28)18-7-6-16(23)13-20(18)30-4;/h6-7,13-15H,5,8-12H2,1-4H3,(H,24,25);1H. The van der Waals surface area contributed by atoms with Crippen LogP contribution in [0, 0.1) is 5.82 Å². The monoisotopic (exact) mass is 451 g/mol. The molecule has 2 heterocycles. The van der Waals surface area contributed by atoms with E-state index in [9.17, 15) is 9.18 Å². The zero-order chi connectivity index (χ0) is 21.7. The van der Waals surface area contributed by atoms with Crippen LogP contribution in [0.25, 0.3) is 0 Å². The Kier molecular flexibility index (Phi) is 8.74. The number of methoxy groups -OCH3 is 1. The van der Waals surface area contributed by atoms with Crippen molar-refractivity contribution in [1.29, 1.82) is 0 Å². The molecule has 7 nitrogen and oxygen atoms in total. The third-order valence-corrected chi connectivity index (χ3v) is 5.22. The maximum atomic E-state index is 13.5. The number of piperazine rings is 1. The first kappa shape index (κ1) is 24.5. The molecule has 1 aliphatic rings. The van der Waals surface area contributed by atoms with Gasteiger partial charge in [0.2, 0.25) is 0 Å². The predicted octanol–water partition coefficient (Wildman–Crippen LogP) is 3.50. The molecule has 2 aromatic rings. The van der Waals surface area contributed by atoms with Crippen LogP contribution in [-0.2, 0) is 0 Å². The van der Waals surface area contributed by atoms with Crippen LogP contribution in [0.1, 0.15) is 23.7 Å². The summed E-state index contributed by atoms with van der Waals surface area (Å²) >= 11 is 0. The van der Waals surface area contributed by atoms with E-state index in [4.69, 9.17) is 4.74 Å². The van der Waals surface area contributed by atoms with E-state index in [1.165, 1.54) is 12.1 Å². The van der Waals surface area contributed by atoms with Crippen molar-refractivity contribution in [3.63, 3.8) is 0 Å². The maximum absolute atomic E-state index is 13.5. The second-order valence-electron chi connectivity index (χ2n) is 7.50. The summed E-state index contributed by atoms with van der Waals surface area (Å²) in [7, 11) is 5.04. The molecule has 9 heteroatoms. The van der Waals surface area contributed by atoms with E-state index in [1.54, 1.807) is 38.4 Å². The molecule has 0 atom stereocenters. The van der Waals surface area contributed by atoms with Gasteiger partial charge in [-0.3, -0.25) is 9.78 Å². The second kappa shape index (κ2) is 11.0. The molecule has 1 aromatic carbocycles. The zero-order valence-corrected chi connectivity index (χ0v) is 19.3. The fourth-order valence-electron chi connectivity index (χ4n) is 3.63. The minimum absolute atomic E-state index is 0. The Morgan fingerprint density at radius 3 is 2.39 bits per heavy atom. The van der Waals surface area contributed by atoms with Gasteiger partial charge in [-0.2, -0.15) is 0 Å². The number of halogens is 2. The van der Waals surface area contributed by atoms with Gasteiger partial charge < -0.3 is 24.8 Å². The normalized spacial score (nSPS) is 13.5. The lowest BCUT2D eigenvalue weighted by Crippen LogP contribution is -2.47. The molecule has 1 saturated heterocycles. The summed E-state index contributed by atoms with van der Waals surface area (Å²) in [5.74, 6) is 0.154. The molecule has 0 saturated carbocycles. The number of nitrogens with zero attached hydrogens (tertiary/aromatic N) is 4. The van der Waals surface area contributed by atoms with Gasteiger partial charge in [0.25, 0.3) is 5.91 Å². The molecule has 1 aromatic heterocycles. The fourth-order valence-corrected chi connectivity index (χ4v) is 3.63. The lowest BCUT2D eigenvalue weighted by molar-refractivity contribution is 0.0828. The summed E-state index contributed by atoms with van der Waals surface area (Å²) in [6.07, 6.45) is 4.40. The van der Waals surface area contributed by atoms with E-state index in [0.717, 1.165) is 56.2 Å². The summed E-state index contributed by atoms with van der Waals surface area (Å²) in [6.45, 7) is 5.88. The number of rotatable bonds is 7. The Balaban J connectivity index is 0.00000341. The summed E-state index contributed by atoms with van der Waals surface area (Å²) in [5.41, 5.74) is 3.23. The lowest BCUT2D eigenvalue weighted by atomic mass is 10.1. The van der Waals surface area contributed by atoms with Crippen LogP contribution in [0.3, 0.4) is 0 Å². The summed E-state index contributed by atoms with van der Waals surface area (Å²) < 4.78 is 18.9. The van der Waals surface area contributed by atoms with Crippen LogP contribution >= 0.6 is 12.4 Å². The van der Waals surface area contributed by atoms with Gasteiger partial charge in [0.15, 0.2) is 0 Å². The third kappa shape index (κ3) is 5.50. The average molecular weight is 452 g/mol. The van der Waals surface area contributed by atoms with Crippen molar-refractivity contribution in [3.8, 4) is 5.75 Å². The van der Waals surface area contributed by atoms with Gasteiger partial charge in [-0.15, -0.1) is 12.4 Å². The van der Waals surface area contributed by atoms with Gasteiger partial charge in [-0.05, 0) is 18.6 Å². The molecule has 170 valence electrons. The SMILES string of the molecule is CCCNc1c(C(=O)N(C)C)cncc1N1CCN(c2ccc(F)cc2OC)CC1.Cl. The average Bonchev–Trinajstić information content (AvgIpc) is 2.77. The smallest absolute Gasteiger partial charge is 0.257 e. The van der Waals surface area contributed by atoms with Crippen LogP contribution in [0.15, 0.2) is 30.6 Å². The van der Waals surface area contributed by atoms with Crippen molar-refractivity contribution >= 4 is 35.4 Å². The number of anilines is 3. The summed E-state index contributed by atoms with van der Waals surface area (Å²) in [4.78, 5) is 23.0. The molecule has 3 rings (SSSR count). The molecule has 0 bridgehead atoms. The second-order valence-corrected chi connectivity index (χ2v) is 7.50. The molecule has 0 radical (unpaired) electrons. The number of aromatic nitrogens is 1. The number of nitrogens with one attached hydrogen (secondary N) is 1. The summed E-state index contributed by atoms with van der Waals surface area (Å²) in [5, 5.41) is 3.43. The maximum Gasteiger partial charge on any atom is 0.257 e. The van der Waals surface area contributed by atoms with E-state index in [-0.39, 0.29) is 24.1 Å². The molecule has 1 fully saturated rings. The van der Waals surface area contributed by atoms with Gasteiger partial charge in [-0.1, -0.05) is 6.92 Å². The van der Waals surface area contributed by atoms with Crippen LogP contribution in [0.5, 0.6) is 5.75 Å². The third-order valence-electron chi connectivity index (χ3n) is 5.22. The number of hydrogen-bond donors (Lipinski definition) is 1. The first-order valence-electron chi connectivity index (χ1n) is 10.2. The van der Waals surface area contributed by atoms with E-state index in [0.29, 0.717) is 11.3 Å². The predicted molar refractivity (Wildman–Crippen MR) is 126 cm³/mol. The topological polar surface area (TPSA) is 60.9 Å². The number of hydrogen-bond acceptors (Lipinski definition) is 6. The molecule has 1 amide bonds. The van der Waals surface area contributed by atoms with Gasteiger partial charge in [0, 0.05) is 59.1 Å². The van der Waals surface area contributed by atoms with Crippen molar-refractivity contribution in [3.05, 3.63) is 42.0 Å². The van der Waals surface area contributed by atoms with Crippen LogP contribution in [0.4, 0.5) is 21.5 Å². The van der Waals surface area contributed by atoms with Gasteiger partial charge in [-0.25, -0.2) is 4.39 Å². The van der Waals surface area contributed by atoms with Crippen molar-refractivity contribution in [2.45, 2.75) is 13.3 Å². The fraction of sp³-hybridized carbons (Fsp3) is 0.455. The highest BCUT2D eigenvalue weighted by molar-refractivity contribution is 6.02. The Morgan fingerprint density at radius 2 is 1.81 bits per heavy atom. The number of benzene rings is 1. The quantitative estimate of drug-likeness (QED) is 0.695. The van der Waals surface area contributed by atoms with E-state index in [1.807, 2.05) is 6.20 Å². The van der Waals surface area contributed by atoms with Crippen molar-refractivity contribution in [2.75, 3.05) is 69.0 Å². The molecular weight excluding hydrogens is 421 g/mol. The Labute approximate surface area is 189 Å². The van der Waals surface area contributed by atoms with E-state index >= 15 is 0 Å².